The summed E-state index contributed by atoms with van der Waals surface area (Å²) in [6.07, 6.45) is 0. The van der Waals surface area contributed by atoms with E-state index in [-0.39, 0.29) is 5.41 Å². The highest BCUT2D eigenvalue weighted by molar-refractivity contribution is 8.10. The molecule has 34 heavy (non-hydrogen) atoms. The summed E-state index contributed by atoms with van der Waals surface area (Å²) in [6.45, 7) is 6.48. The highest BCUT2D eigenvalue weighted by Crippen LogP contribution is 2.35. The molecular weight excluding hydrogens is 456 g/mol. The molecule has 0 saturated heterocycles. The fourth-order valence-electron chi connectivity index (χ4n) is 3.62. The van der Waals surface area contributed by atoms with Crippen molar-refractivity contribution in [2.75, 3.05) is 5.08 Å². The second kappa shape index (κ2) is 10.4. The van der Waals surface area contributed by atoms with Crippen molar-refractivity contribution in [3.05, 3.63) is 102 Å². The van der Waals surface area contributed by atoms with Gasteiger partial charge in [-0.05, 0) is 34.7 Å². The Morgan fingerprint density at radius 2 is 1.47 bits per heavy atom. The van der Waals surface area contributed by atoms with E-state index in [1.807, 2.05) is 91.0 Å². The maximum Gasteiger partial charge on any atom is 0.116 e. The first kappa shape index (κ1) is 23.9. The number of rotatable bonds is 6. The van der Waals surface area contributed by atoms with Gasteiger partial charge < -0.3 is 0 Å². The molecule has 0 amide bonds. The Labute approximate surface area is 208 Å². The number of benzene rings is 3. The van der Waals surface area contributed by atoms with Gasteiger partial charge >= 0.3 is 0 Å². The molecule has 0 aliphatic rings. The largest absolute Gasteiger partial charge is 0.253 e. The standard InChI is InChI=1S/C29H26N2OS2/c1-29(2,3)23-14-16-24(17-15-23)34(32)20-33-28-26(19-30)25(21-10-6-4-7-11-21)18-27(31-28)22-12-8-5-9-13-22/h4-18H,20H2,1-3H3. The quantitative estimate of drug-likeness (QED) is 0.268. The number of pyridine rings is 1. The molecule has 0 aliphatic carbocycles. The van der Waals surface area contributed by atoms with Crippen molar-refractivity contribution in [2.45, 2.75) is 36.1 Å². The summed E-state index contributed by atoms with van der Waals surface area (Å²) in [5, 5.41) is 11.0. The van der Waals surface area contributed by atoms with Gasteiger partial charge in [0.1, 0.15) is 11.1 Å². The van der Waals surface area contributed by atoms with E-state index in [9.17, 15) is 9.47 Å². The fourth-order valence-corrected chi connectivity index (χ4v) is 5.94. The molecule has 0 aliphatic heterocycles. The summed E-state index contributed by atoms with van der Waals surface area (Å²) in [7, 11) is -1.22. The minimum atomic E-state index is -1.22. The first-order valence-electron chi connectivity index (χ1n) is 11.0. The number of nitrogens with zero attached hydrogens (tertiary/aromatic N) is 2. The molecule has 3 aromatic carbocycles. The zero-order chi connectivity index (χ0) is 24.1. The molecule has 1 heterocycles. The van der Waals surface area contributed by atoms with Crippen molar-refractivity contribution >= 4 is 22.6 Å². The van der Waals surface area contributed by atoms with Gasteiger partial charge in [-0.15, -0.1) is 0 Å². The molecular formula is C29H26N2OS2. The molecule has 0 radical (unpaired) electrons. The van der Waals surface area contributed by atoms with Crippen LogP contribution < -0.4 is 0 Å². The molecule has 0 fully saturated rings. The van der Waals surface area contributed by atoms with Crippen LogP contribution in [0.2, 0.25) is 0 Å². The van der Waals surface area contributed by atoms with Crippen LogP contribution in [-0.2, 0) is 16.2 Å². The third-order valence-corrected chi connectivity index (χ3v) is 8.23. The van der Waals surface area contributed by atoms with Gasteiger partial charge in [0.15, 0.2) is 0 Å². The average molecular weight is 483 g/mol. The molecule has 5 heteroatoms. The van der Waals surface area contributed by atoms with Crippen molar-refractivity contribution in [1.82, 2.24) is 4.98 Å². The molecule has 0 bridgehead atoms. The van der Waals surface area contributed by atoms with Crippen LogP contribution in [0.3, 0.4) is 0 Å². The van der Waals surface area contributed by atoms with Gasteiger partial charge in [-0.25, -0.2) is 4.98 Å². The summed E-state index contributed by atoms with van der Waals surface area (Å²) in [4.78, 5) is 5.60. The van der Waals surface area contributed by atoms with Crippen molar-refractivity contribution in [1.29, 1.82) is 5.26 Å². The van der Waals surface area contributed by atoms with Crippen molar-refractivity contribution in [3.8, 4) is 28.5 Å². The topological polar surface area (TPSA) is 53.8 Å². The molecule has 0 spiro atoms. The van der Waals surface area contributed by atoms with Gasteiger partial charge in [0.05, 0.1) is 27.1 Å². The van der Waals surface area contributed by atoms with Crippen molar-refractivity contribution in [3.63, 3.8) is 0 Å². The number of aromatic nitrogens is 1. The highest BCUT2D eigenvalue weighted by atomic mass is 32.2. The molecule has 4 aromatic rings. The summed E-state index contributed by atoms with van der Waals surface area (Å²) < 4.78 is 13.1. The molecule has 170 valence electrons. The van der Waals surface area contributed by atoms with Crippen LogP contribution in [0.1, 0.15) is 31.9 Å². The van der Waals surface area contributed by atoms with E-state index in [2.05, 4.69) is 26.8 Å². The second-order valence-electron chi connectivity index (χ2n) is 8.96. The van der Waals surface area contributed by atoms with Gasteiger partial charge in [-0.1, -0.05) is 105 Å². The van der Waals surface area contributed by atoms with Gasteiger partial charge in [0.2, 0.25) is 0 Å². The Hall–Kier alpha value is -3.20. The lowest BCUT2D eigenvalue weighted by atomic mass is 9.87. The van der Waals surface area contributed by atoms with E-state index in [4.69, 9.17) is 4.98 Å². The molecule has 0 N–H and O–H groups in total. The van der Waals surface area contributed by atoms with E-state index >= 15 is 0 Å². The van der Waals surface area contributed by atoms with Crippen molar-refractivity contribution in [2.24, 2.45) is 0 Å². The molecule has 4 rings (SSSR count). The third-order valence-electron chi connectivity index (χ3n) is 5.54. The normalized spacial score (nSPS) is 12.2. The zero-order valence-corrected chi connectivity index (χ0v) is 21.1. The Kier molecular flexibility index (Phi) is 7.31. The maximum absolute atomic E-state index is 13.1. The Bertz CT molecular complexity index is 1340. The summed E-state index contributed by atoms with van der Waals surface area (Å²) in [5.41, 5.74) is 5.32. The first-order valence-corrected chi connectivity index (χ1v) is 13.3. The van der Waals surface area contributed by atoms with Gasteiger partial charge in [0, 0.05) is 16.0 Å². The zero-order valence-electron chi connectivity index (χ0n) is 19.5. The van der Waals surface area contributed by atoms with E-state index in [0.717, 1.165) is 27.3 Å². The van der Waals surface area contributed by atoms with Crippen LogP contribution in [0.25, 0.3) is 22.4 Å². The van der Waals surface area contributed by atoms with Gasteiger partial charge in [-0.3, -0.25) is 4.21 Å². The van der Waals surface area contributed by atoms with E-state index in [0.29, 0.717) is 15.7 Å². The van der Waals surface area contributed by atoms with Gasteiger partial charge in [0.25, 0.3) is 0 Å². The highest BCUT2D eigenvalue weighted by Gasteiger charge is 2.18. The predicted octanol–water partition coefficient (Wildman–Crippen LogP) is 7.44. The molecule has 1 atom stereocenters. The smallest absolute Gasteiger partial charge is 0.116 e. The second-order valence-corrected chi connectivity index (χ2v) is 11.7. The van der Waals surface area contributed by atoms with E-state index < -0.39 is 10.8 Å². The molecule has 1 unspecified atom stereocenters. The van der Waals surface area contributed by atoms with E-state index in [1.165, 1.54) is 17.3 Å². The van der Waals surface area contributed by atoms with Crippen LogP contribution in [-0.4, -0.2) is 14.3 Å². The monoisotopic (exact) mass is 482 g/mol. The fraction of sp³-hybridized carbons (Fsp3) is 0.172. The molecule has 0 saturated carbocycles. The number of hydrogen-bond donors (Lipinski definition) is 0. The van der Waals surface area contributed by atoms with Crippen LogP contribution in [0.4, 0.5) is 0 Å². The SMILES string of the molecule is CC(C)(C)c1ccc(S(=O)CSc2nc(-c3ccccc3)cc(-c3ccccc3)c2C#N)cc1. The summed E-state index contributed by atoms with van der Waals surface area (Å²) >= 11 is 1.37. The number of thioether (sulfide) groups is 1. The first-order chi connectivity index (χ1) is 16.4. The number of nitriles is 1. The predicted molar refractivity (Wildman–Crippen MR) is 142 cm³/mol. The minimum Gasteiger partial charge on any atom is -0.253 e. The number of hydrogen-bond acceptors (Lipinski definition) is 4. The van der Waals surface area contributed by atoms with Gasteiger partial charge in [-0.2, -0.15) is 5.26 Å². The Balaban J connectivity index is 1.68. The van der Waals surface area contributed by atoms with E-state index in [1.54, 1.807) is 0 Å². The lowest BCUT2D eigenvalue weighted by Crippen LogP contribution is -2.10. The Morgan fingerprint density at radius 3 is 2.03 bits per heavy atom. The minimum absolute atomic E-state index is 0.0477. The lowest BCUT2D eigenvalue weighted by molar-refractivity contribution is 0.589. The third kappa shape index (κ3) is 5.47. The van der Waals surface area contributed by atoms with Crippen LogP contribution in [0.5, 0.6) is 0 Å². The summed E-state index contributed by atoms with van der Waals surface area (Å²) in [6, 6.07) is 32.1. The summed E-state index contributed by atoms with van der Waals surface area (Å²) in [5.74, 6) is 0. The van der Waals surface area contributed by atoms with Crippen molar-refractivity contribution < 1.29 is 4.21 Å². The Morgan fingerprint density at radius 1 is 0.882 bits per heavy atom. The molecule has 1 aromatic heterocycles. The van der Waals surface area contributed by atoms with Crippen LogP contribution in [0, 0.1) is 11.3 Å². The lowest BCUT2D eigenvalue weighted by Gasteiger charge is -2.19. The average Bonchev–Trinajstić information content (AvgIpc) is 2.87. The maximum atomic E-state index is 13.1. The van der Waals surface area contributed by atoms with Crippen LogP contribution in [0.15, 0.2) is 101 Å². The van der Waals surface area contributed by atoms with Crippen LogP contribution >= 0.6 is 11.8 Å². The molecule has 3 nitrogen and oxygen atoms in total.